The van der Waals surface area contributed by atoms with E-state index in [0.717, 1.165) is 0 Å². The molecule has 2 heteroatoms. The Labute approximate surface area is 224 Å². The summed E-state index contributed by atoms with van der Waals surface area (Å²) < 4.78 is 5.12. The first kappa shape index (κ1) is 21.4. The molecule has 6 aromatic carbocycles. The van der Waals surface area contributed by atoms with Crippen LogP contribution in [0.3, 0.4) is 0 Å². The Morgan fingerprint density at radius 3 is 1.79 bits per heavy atom. The molecule has 178 valence electrons. The van der Waals surface area contributed by atoms with Gasteiger partial charge in [-0.05, 0) is 52.6 Å². The molecular formula is C36H23NS. The van der Waals surface area contributed by atoms with Crippen LogP contribution in [0.1, 0.15) is 0 Å². The van der Waals surface area contributed by atoms with E-state index in [0.29, 0.717) is 0 Å². The maximum Gasteiger partial charge on any atom is 0.0719 e. The van der Waals surface area contributed by atoms with E-state index in [2.05, 4.69) is 144 Å². The van der Waals surface area contributed by atoms with Crippen molar-refractivity contribution in [3.63, 3.8) is 0 Å². The number of hydrogen-bond acceptors (Lipinski definition) is 1. The largest absolute Gasteiger partial charge is 0.308 e. The molecule has 8 rings (SSSR count). The highest BCUT2D eigenvalue weighted by molar-refractivity contribution is 7.26. The molecule has 0 bridgehead atoms. The van der Waals surface area contributed by atoms with Crippen LogP contribution in [0.5, 0.6) is 0 Å². The van der Waals surface area contributed by atoms with E-state index in [4.69, 9.17) is 0 Å². The van der Waals surface area contributed by atoms with Gasteiger partial charge in [-0.15, -0.1) is 11.3 Å². The minimum Gasteiger partial charge on any atom is -0.308 e. The molecule has 0 saturated carbocycles. The lowest BCUT2D eigenvalue weighted by atomic mass is 10.0. The second-order valence-electron chi connectivity index (χ2n) is 9.78. The smallest absolute Gasteiger partial charge is 0.0719 e. The van der Waals surface area contributed by atoms with E-state index in [1.165, 1.54) is 69.9 Å². The van der Waals surface area contributed by atoms with E-state index >= 15 is 0 Å². The van der Waals surface area contributed by atoms with Crippen molar-refractivity contribution in [2.45, 2.75) is 0 Å². The van der Waals surface area contributed by atoms with Crippen molar-refractivity contribution in [2.75, 3.05) is 0 Å². The highest BCUT2D eigenvalue weighted by Crippen LogP contribution is 2.43. The monoisotopic (exact) mass is 501 g/mol. The van der Waals surface area contributed by atoms with E-state index in [-0.39, 0.29) is 0 Å². The fourth-order valence-corrected chi connectivity index (χ4v) is 7.01. The van der Waals surface area contributed by atoms with Crippen LogP contribution in [0.15, 0.2) is 140 Å². The second kappa shape index (κ2) is 8.44. The molecule has 0 saturated heterocycles. The summed E-state index contributed by atoms with van der Waals surface area (Å²) in [5, 5.41) is 5.23. The van der Waals surface area contributed by atoms with Crippen molar-refractivity contribution in [1.29, 1.82) is 0 Å². The SMILES string of the molecule is c1ccc(-c2ccc(-n3c4ccccc4c4ccc5c6cc(-c7ccccc7)ccc6sc5c43)cc2)cc1. The number of para-hydroxylation sites is 1. The zero-order valence-corrected chi connectivity index (χ0v) is 21.5. The third-order valence-electron chi connectivity index (χ3n) is 7.61. The maximum atomic E-state index is 2.45. The van der Waals surface area contributed by atoms with Gasteiger partial charge in [-0.1, -0.05) is 109 Å². The number of thiophene rings is 1. The Kier molecular flexibility index (Phi) is 4.76. The molecule has 0 spiro atoms. The molecule has 0 aliphatic carbocycles. The highest BCUT2D eigenvalue weighted by Gasteiger charge is 2.18. The van der Waals surface area contributed by atoms with Crippen molar-refractivity contribution >= 4 is 53.3 Å². The van der Waals surface area contributed by atoms with Crippen LogP contribution in [0.25, 0.3) is 69.9 Å². The van der Waals surface area contributed by atoms with Crippen LogP contribution in [0.2, 0.25) is 0 Å². The molecule has 0 fully saturated rings. The summed E-state index contributed by atoms with van der Waals surface area (Å²) in [6.45, 7) is 0. The normalized spacial score (nSPS) is 11.7. The van der Waals surface area contributed by atoms with E-state index in [1.54, 1.807) is 0 Å². The van der Waals surface area contributed by atoms with E-state index in [9.17, 15) is 0 Å². The average Bonchev–Trinajstić information content (AvgIpc) is 3.54. The van der Waals surface area contributed by atoms with Gasteiger partial charge >= 0.3 is 0 Å². The number of hydrogen-bond donors (Lipinski definition) is 0. The molecule has 0 amide bonds. The standard InChI is InChI=1S/C36H23NS/c1-3-9-24(10-4-1)26-15-18-28(19-16-26)37-33-14-8-7-13-29(33)30-20-21-31-32-23-27(25-11-5-2-6-12-25)17-22-34(32)38-36(31)35(30)37/h1-23H. The minimum atomic E-state index is 1.19. The van der Waals surface area contributed by atoms with Crippen molar-refractivity contribution in [2.24, 2.45) is 0 Å². The quantitative estimate of drug-likeness (QED) is 0.227. The molecule has 0 unspecified atom stereocenters. The van der Waals surface area contributed by atoms with Crippen LogP contribution in [0.4, 0.5) is 0 Å². The van der Waals surface area contributed by atoms with Gasteiger partial charge in [-0.2, -0.15) is 0 Å². The molecule has 0 aliphatic heterocycles. The Balaban J connectivity index is 1.40. The van der Waals surface area contributed by atoms with Gasteiger partial charge < -0.3 is 4.57 Å². The summed E-state index contributed by atoms with van der Waals surface area (Å²) in [5.74, 6) is 0. The summed E-state index contributed by atoms with van der Waals surface area (Å²) in [6, 6.07) is 50.6. The summed E-state index contributed by atoms with van der Waals surface area (Å²) in [4.78, 5) is 0. The molecule has 8 aromatic rings. The lowest BCUT2D eigenvalue weighted by Crippen LogP contribution is -1.93. The van der Waals surface area contributed by atoms with E-state index in [1.807, 2.05) is 11.3 Å². The fourth-order valence-electron chi connectivity index (χ4n) is 5.79. The average molecular weight is 502 g/mol. The molecular weight excluding hydrogens is 478 g/mol. The zero-order valence-electron chi connectivity index (χ0n) is 20.6. The third kappa shape index (κ3) is 3.24. The van der Waals surface area contributed by atoms with Gasteiger partial charge in [0, 0.05) is 31.9 Å². The molecule has 0 N–H and O–H groups in total. The summed E-state index contributed by atoms with van der Waals surface area (Å²) in [6.07, 6.45) is 0. The number of aromatic nitrogens is 1. The number of rotatable bonds is 3. The molecule has 2 aromatic heterocycles. The van der Waals surface area contributed by atoms with Gasteiger partial charge in [0.15, 0.2) is 0 Å². The summed E-state index contributed by atoms with van der Waals surface area (Å²) >= 11 is 1.90. The molecule has 1 nitrogen and oxygen atoms in total. The predicted octanol–water partition coefficient (Wildman–Crippen LogP) is 10.5. The lowest BCUT2D eigenvalue weighted by molar-refractivity contribution is 1.19. The summed E-state index contributed by atoms with van der Waals surface area (Å²) in [5.41, 5.74) is 8.70. The van der Waals surface area contributed by atoms with Crippen LogP contribution < -0.4 is 0 Å². The van der Waals surface area contributed by atoms with Crippen LogP contribution in [0, 0.1) is 0 Å². The van der Waals surface area contributed by atoms with Gasteiger partial charge in [0.2, 0.25) is 0 Å². The van der Waals surface area contributed by atoms with E-state index < -0.39 is 0 Å². The first-order valence-electron chi connectivity index (χ1n) is 12.9. The first-order valence-corrected chi connectivity index (χ1v) is 13.8. The molecule has 2 heterocycles. The Morgan fingerprint density at radius 1 is 0.421 bits per heavy atom. The first-order chi connectivity index (χ1) is 18.8. The van der Waals surface area contributed by atoms with Crippen molar-refractivity contribution in [3.05, 3.63) is 140 Å². The van der Waals surface area contributed by atoms with Crippen molar-refractivity contribution in [3.8, 4) is 27.9 Å². The van der Waals surface area contributed by atoms with Crippen molar-refractivity contribution < 1.29 is 0 Å². The van der Waals surface area contributed by atoms with Gasteiger partial charge in [-0.3, -0.25) is 0 Å². The maximum absolute atomic E-state index is 2.45. The third-order valence-corrected chi connectivity index (χ3v) is 8.81. The van der Waals surface area contributed by atoms with Gasteiger partial charge in [0.1, 0.15) is 0 Å². The Hall–Kier alpha value is -4.66. The topological polar surface area (TPSA) is 4.93 Å². The van der Waals surface area contributed by atoms with Crippen LogP contribution in [-0.4, -0.2) is 4.57 Å². The second-order valence-corrected chi connectivity index (χ2v) is 10.8. The molecule has 0 aliphatic rings. The molecule has 38 heavy (non-hydrogen) atoms. The molecule has 0 atom stereocenters. The highest BCUT2D eigenvalue weighted by atomic mass is 32.1. The fraction of sp³-hybridized carbons (Fsp3) is 0. The van der Waals surface area contributed by atoms with Gasteiger partial charge in [0.05, 0.1) is 15.7 Å². The van der Waals surface area contributed by atoms with Crippen LogP contribution >= 0.6 is 11.3 Å². The molecule has 0 radical (unpaired) electrons. The zero-order chi connectivity index (χ0) is 25.1. The van der Waals surface area contributed by atoms with Gasteiger partial charge in [0.25, 0.3) is 0 Å². The van der Waals surface area contributed by atoms with Crippen molar-refractivity contribution in [1.82, 2.24) is 4.57 Å². The number of nitrogens with zero attached hydrogens (tertiary/aromatic N) is 1. The minimum absolute atomic E-state index is 1.19. The van der Waals surface area contributed by atoms with Crippen LogP contribution in [-0.2, 0) is 0 Å². The lowest BCUT2D eigenvalue weighted by Gasteiger charge is -2.10. The number of fused-ring (bicyclic) bond motifs is 7. The van der Waals surface area contributed by atoms with Gasteiger partial charge in [-0.25, -0.2) is 0 Å². The number of benzene rings is 6. The predicted molar refractivity (Wildman–Crippen MR) is 165 cm³/mol. The Morgan fingerprint density at radius 2 is 1.03 bits per heavy atom. The Bertz CT molecular complexity index is 2100. The summed E-state index contributed by atoms with van der Waals surface area (Å²) in [7, 11) is 0.